The van der Waals surface area contributed by atoms with Gasteiger partial charge in [0.05, 0.1) is 15.4 Å². The lowest BCUT2D eigenvalue weighted by Crippen LogP contribution is -1.99. The Labute approximate surface area is 115 Å². The average molecular weight is 290 g/mol. The number of carboxylic acids is 1. The zero-order valence-electron chi connectivity index (χ0n) is 9.76. The number of pyridine rings is 1. The van der Waals surface area contributed by atoms with Gasteiger partial charge in [0.25, 0.3) is 0 Å². The Bertz CT molecular complexity index is 838. The van der Waals surface area contributed by atoms with Gasteiger partial charge < -0.3 is 5.11 Å². The van der Waals surface area contributed by atoms with E-state index < -0.39 is 10.9 Å². The molecule has 3 aromatic rings. The largest absolute Gasteiger partial charge is 0.478 e. The van der Waals surface area contributed by atoms with Crippen LogP contribution in [-0.2, 0) is 0 Å². The summed E-state index contributed by atoms with van der Waals surface area (Å²) in [4.78, 5) is 21.7. The number of hydrogen-bond acceptors (Lipinski definition) is 6. The Morgan fingerprint density at radius 3 is 2.75 bits per heavy atom. The fourth-order valence-corrected chi connectivity index (χ4v) is 2.53. The third-order valence-corrected chi connectivity index (χ3v) is 3.67. The third-order valence-electron chi connectivity index (χ3n) is 2.64. The molecule has 1 N–H and O–H groups in total. The number of thiophene rings is 1. The second-order valence-corrected chi connectivity index (χ2v) is 4.93. The first-order valence-electron chi connectivity index (χ1n) is 5.39. The van der Waals surface area contributed by atoms with Crippen LogP contribution in [0.15, 0.2) is 30.5 Å². The quantitative estimate of drug-likeness (QED) is 0.584. The van der Waals surface area contributed by atoms with Crippen molar-refractivity contribution < 1.29 is 14.8 Å². The van der Waals surface area contributed by atoms with E-state index in [2.05, 4.69) is 10.2 Å². The van der Waals surface area contributed by atoms with Crippen LogP contribution in [0.4, 0.5) is 5.00 Å². The number of hydrogen-bond donors (Lipinski definition) is 1. The molecule has 0 fully saturated rings. The van der Waals surface area contributed by atoms with Crippen molar-refractivity contribution in [2.24, 2.45) is 0 Å². The Hall–Kier alpha value is -2.81. The Kier molecular flexibility index (Phi) is 2.68. The van der Waals surface area contributed by atoms with Crippen molar-refractivity contribution in [3.8, 4) is 10.7 Å². The van der Waals surface area contributed by atoms with Gasteiger partial charge >= 0.3 is 11.0 Å². The molecule has 3 rings (SSSR count). The molecular weight excluding hydrogens is 284 g/mol. The fraction of sp³-hybridized carbons (Fsp3) is 0. The predicted octanol–water partition coefficient (Wildman–Crippen LogP) is 2.06. The summed E-state index contributed by atoms with van der Waals surface area (Å²) in [5.74, 6) is -0.690. The normalized spacial score (nSPS) is 10.8. The molecule has 100 valence electrons. The van der Waals surface area contributed by atoms with Crippen molar-refractivity contribution in [1.29, 1.82) is 0 Å². The van der Waals surface area contributed by atoms with Crippen LogP contribution in [-0.4, -0.2) is 30.6 Å². The maximum absolute atomic E-state index is 11.0. The van der Waals surface area contributed by atoms with Gasteiger partial charge in [-0.1, -0.05) is 11.3 Å². The summed E-state index contributed by atoms with van der Waals surface area (Å²) in [6.07, 6.45) is 1.39. The molecule has 0 bridgehead atoms. The number of fused-ring (bicyclic) bond motifs is 1. The number of carboxylic acid groups (broad SMARTS) is 1. The first kappa shape index (κ1) is 12.2. The molecule has 3 heterocycles. The van der Waals surface area contributed by atoms with E-state index in [-0.39, 0.29) is 10.6 Å². The molecule has 0 radical (unpaired) electrons. The monoisotopic (exact) mass is 290 g/mol. The zero-order valence-corrected chi connectivity index (χ0v) is 10.6. The fourth-order valence-electron chi connectivity index (χ4n) is 1.73. The van der Waals surface area contributed by atoms with Crippen LogP contribution in [0.1, 0.15) is 10.4 Å². The highest BCUT2D eigenvalue weighted by Crippen LogP contribution is 2.31. The second kappa shape index (κ2) is 4.38. The van der Waals surface area contributed by atoms with Crippen LogP contribution in [0.5, 0.6) is 0 Å². The van der Waals surface area contributed by atoms with E-state index in [1.54, 1.807) is 6.07 Å². The Morgan fingerprint density at radius 2 is 2.10 bits per heavy atom. The molecule has 0 saturated carbocycles. The van der Waals surface area contributed by atoms with Crippen molar-refractivity contribution in [2.75, 3.05) is 0 Å². The lowest BCUT2D eigenvalue weighted by molar-refractivity contribution is -0.380. The standard InChI is InChI=1S/C11H6N4O4S/c16-11(17)6-1-3-8-12-13-10(14(8)5-6)7-2-4-9(20-7)15(18)19/h1-5H,(H,16,17). The molecule has 0 saturated heterocycles. The highest BCUT2D eigenvalue weighted by Gasteiger charge is 2.16. The number of nitrogens with zero attached hydrogens (tertiary/aromatic N) is 4. The number of aromatic carboxylic acids is 1. The number of rotatable bonds is 3. The van der Waals surface area contributed by atoms with Crippen LogP contribution >= 0.6 is 11.3 Å². The van der Waals surface area contributed by atoms with Crippen molar-refractivity contribution in [1.82, 2.24) is 14.6 Å². The Morgan fingerprint density at radius 1 is 1.30 bits per heavy atom. The van der Waals surface area contributed by atoms with Crippen LogP contribution in [0, 0.1) is 10.1 Å². The van der Waals surface area contributed by atoms with E-state index in [1.165, 1.54) is 28.8 Å². The minimum absolute atomic E-state index is 0.00820. The van der Waals surface area contributed by atoms with E-state index >= 15 is 0 Å². The van der Waals surface area contributed by atoms with Crippen LogP contribution in [0.2, 0.25) is 0 Å². The zero-order chi connectivity index (χ0) is 14.3. The molecule has 0 atom stereocenters. The summed E-state index contributed by atoms with van der Waals surface area (Å²) in [5, 5.41) is 27.5. The Balaban J connectivity index is 2.17. The predicted molar refractivity (Wildman–Crippen MR) is 69.9 cm³/mol. The number of nitro groups is 1. The van der Waals surface area contributed by atoms with Crippen molar-refractivity contribution in [3.05, 3.63) is 46.1 Å². The number of carbonyl (C=O) groups is 1. The molecular formula is C11H6N4O4S. The van der Waals surface area contributed by atoms with Crippen molar-refractivity contribution in [3.63, 3.8) is 0 Å². The minimum Gasteiger partial charge on any atom is -0.478 e. The van der Waals surface area contributed by atoms with Gasteiger partial charge in [0.15, 0.2) is 11.5 Å². The van der Waals surface area contributed by atoms with Gasteiger partial charge in [-0.3, -0.25) is 14.5 Å². The molecule has 3 aromatic heterocycles. The van der Waals surface area contributed by atoms with Crippen LogP contribution in [0.25, 0.3) is 16.3 Å². The first-order chi connectivity index (χ1) is 9.56. The van der Waals surface area contributed by atoms with Gasteiger partial charge in [0.1, 0.15) is 0 Å². The lowest BCUT2D eigenvalue weighted by atomic mass is 10.3. The highest BCUT2D eigenvalue weighted by atomic mass is 32.1. The average Bonchev–Trinajstić information content (AvgIpc) is 3.03. The van der Waals surface area contributed by atoms with Gasteiger partial charge in [-0.2, -0.15) is 0 Å². The topological polar surface area (TPSA) is 111 Å². The molecule has 8 nitrogen and oxygen atoms in total. The lowest BCUT2D eigenvalue weighted by Gasteiger charge is -1.98. The molecule has 0 unspecified atom stereocenters. The summed E-state index contributed by atoms with van der Waals surface area (Å²) in [6.45, 7) is 0. The molecule has 0 spiro atoms. The van der Waals surface area contributed by atoms with Crippen LogP contribution in [0.3, 0.4) is 0 Å². The van der Waals surface area contributed by atoms with Gasteiger partial charge in [0, 0.05) is 12.3 Å². The molecule has 0 aromatic carbocycles. The van der Waals surface area contributed by atoms with E-state index in [0.717, 1.165) is 11.3 Å². The summed E-state index contributed by atoms with van der Waals surface area (Å²) < 4.78 is 1.50. The second-order valence-electron chi connectivity index (χ2n) is 3.87. The van der Waals surface area contributed by atoms with E-state index in [1.807, 2.05) is 0 Å². The third kappa shape index (κ3) is 1.89. The van der Waals surface area contributed by atoms with Gasteiger partial charge in [0.2, 0.25) is 0 Å². The van der Waals surface area contributed by atoms with Gasteiger partial charge in [-0.05, 0) is 18.2 Å². The molecule has 0 aliphatic rings. The van der Waals surface area contributed by atoms with E-state index in [4.69, 9.17) is 5.11 Å². The number of aromatic nitrogens is 3. The maximum Gasteiger partial charge on any atom is 0.337 e. The molecule has 0 amide bonds. The minimum atomic E-state index is -1.07. The SMILES string of the molecule is O=C(O)c1ccc2nnc(-c3ccc([N+](=O)[O-])s3)n2c1. The first-order valence-corrected chi connectivity index (χ1v) is 6.20. The van der Waals surface area contributed by atoms with Gasteiger partial charge in [-0.15, -0.1) is 10.2 Å². The summed E-state index contributed by atoms with van der Waals surface area (Å²) in [6, 6.07) is 5.89. The summed E-state index contributed by atoms with van der Waals surface area (Å²) in [7, 11) is 0. The van der Waals surface area contributed by atoms with Gasteiger partial charge in [-0.25, -0.2) is 4.79 Å². The molecule has 9 heteroatoms. The molecule has 0 aliphatic carbocycles. The summed E-state index contributed by atoms with van der Waals surface area (Å²) in [5.41, 5.74) is 0.561. The smallest absolute Gasteiger partial charge is 0.337 e. The summed E-state index contributed by atoms with van der Waals surface area (Å²) >= 11 is 0.958. The van der Waals surface area contributed by atoms with Crippen LogP contribution < -0.4 is 0 Å². The molecule has 0 aliphatic heterocycles. The molecule has 20 heavy (non-hydrogen) atoms. The maximum atomic E-state index is 11.0. The van der Waals surface area contributed by atoms with E-state index in [9.17, 15) is 14.9 Å². The van der Waals surface area contributed by atoms with Crippen molar-refractivity contribution in [2.45, 2.75) is 0 Å². The van der Waals surface area contributed by atoms with E-state index in [0.29, 0.717) is 16.3 Å². The highest BCUT2D eigenvalue weighted by molar-refractivity contribution is 7.18. The van der Waals surface area contributed by atoms with Crippen molar-refractivity contribution >= 4 is 28.0 Å².